The molecule has 6 nitrogen and oxygen atoms in total. The van der Waals surface area contributed by atoms with Crippen LogP contribution in [0, 0.1) is 5.92 Å². The van der Waals surface area contributed by atoms with Gasteiger partial charge < -0.3 is 14.7 Å². The molecule has 28 heavy (non-hydrogen) atoms. The lowest BCUT2D eigenvalue weighted by molar-refractivity contribution is -0.137. The molecule has 1 saturated carbocycles. The minimum atomic E-state index is -0.249. The summed E-state index contributed by atoms with van der Waals surface area (Å²) in [7, 11) is 0. The minimum Gasteiger partial charge on any atom is -0.363 e. The third-order valence-electron chi connectivity index (χ3n) is 5.46. The molecule has 1 aliphatic carbocycles. The van der Waals surface area contributed by atoms with E-state index in [1.54, 1.807) is 11.0 Å². The van der Waals surface area contributed by atoms with Crippen molar-refractivity contribution in [2.75, 3.05) is 18.4 Å². The maximum absolute atomic E-state index is 13.4. The molecule has 1 aliphatic rings. The van der Waals surface area contributed by atoms with Crippen molar-refractivity contribution in [3.63, 3.8) is 0 Å². The van der Waals surface area contributed by atoms with Gasteiger partial charge in [0.1, 0.15) is 6.26 Å². The predicted molar refractivity (Wildman–Crippen MR) is 108 cm³/mol. The number of carbonyl (C=O) groups is 2. The zero-order chi connectivity index (χ0) is 19.8. The molecule has 0 spiro atoms. The largest absolute Gasteiger partial charge is 0.363 e. The average molecular weight is 383 g/mol. The van der Waals surface area contributed by atoms with Crippen molar-refractivity contribution in [1.29, 1.82) is 0 Å². The number of nitrogens with zero attached hydrogens (tertiary/aromatic N) is 2. The summed E-state index contributed by atoms with van der Waals surface area (Å²) in [4.78, 5) is 27.7. The van der Waals surface area contributed by atoms with Gasteiger partial charge in [-0.1, -0.05) is 61.7 Å². The predicted octanol–water partition coefficient (Wildman–Crippen LogP) is 4.22. The molecule has 0 radical (unpaired) electrons. The van der Waals surface area contributed by atoms with Crippen LogP contribution in [0.5, 0.6) is 0 Å². The number of amides is 2. The first-order valence-corrected chi connectivity index (χ1v) is 10.2. The van der Waals surface area contributed by atoms with Crippen LogP contribution in [-0.2, 0) is 9.59 Å². The van der Waals surface area contributed by atoms with Gasteiger partial charge in [0.2, 0.25) is 11.8 Å². The molecule has 2 aromatic rings. The minimum absolute atomic E-state index is 0.0228. The van der Waals surface area contributed by atoms with Gasteiger partial charge in [-0.05, 0) is 30.7 Å². The van der Waals surface area contributed by atoms with Gasteiger partial charge in [-0.25, -0.2) is 0 Å². The van der Waals surface area contributed by atoms with Crippen molar-refractivity contribution < 1.29 is 14.1 Å². The summed E-state index contributed by atoms with van der Waals surface area (Å²) in [5, 5.41) is 6.42. The van der Waals surface area contributed by atoms with Crippen LogP contribution in [0.15, 0.2) is 47.2 Å². The van der Waals surface area contributed by atoms with E-state index in [0.29, 0.717) is 24.7 Å². The maximum Gasteiger partial charge on any atom is 0.245 e. The van der Waals surface area contributed by atoms with E-state index in [1.165, 1.54) is 25.5 Å². The van der Waals surface area contributed by atoms with Crippen molar-refractivity contribution in [2.24, 2.45) is 5.92 Å². The zero-order valence-electron chi connectivity index (χ0n) is 16.5. The van der Waals surface area contributed by atoms with E-state index in [1.807, 2.05) is 37.3 Å². The Morgan fingerprint density at radius 1 is 1.18 bits per heavy atom. The normalized spacial score (nSPS) is 15.8. The molecule has 1 heterocycles. The number of aromatic nitrogens is 1. The van der Waals surface area contributed by atoms with Crippen LogP contribution in [0.25, 0.3) is 0 Å². The zero-order valence-corrected chi connectivity index (χ0v) is 16.5. The topological polar surface area (TPSA) is 75.4 Å². The second kappa shape index (κ2) is 10.1. The number of anilines is 1. The van der Waals surface area contributed by atoms with Gasteiger partial charge >= 0.3 is 0 Å². The Morgan fingerprint density at radius 3 is 2.57 bits per heavy atom. The number of benzene rings is 1. The van der Waals surface area contributed by atoms with Crippen LogP contribution in [0.4, 0.5) is 5.82 Å². The maximum atomic E-state index is 13.4. The number of nitrogens with one attached hydrogen (secondary N) is 1. The fourth-order valence-corrected chi connectivity index (χ4v) is 4.01. The van der Waals surface area contributed by atoms with Gasteiger partial charge in [-0.3, -0.25) is 9.59 Å². The fourth-order valence-electron chi connectivity index (χ4n) is 4.01. The standard InChI is InChI=1S/C22H29N3O3/c1-2-19(18-11-7-4-8-12-18)22(27)25(15-17-9-5-3-6-10-17)16-21(26)23-20-13-14-28-24-20/h4,7-8,11-14,17,19H,2-3,5-6,9-10,15-16H2,1H3,(H,23,24,26). The van der Waals surface area contributed by atoms with Crippen LogP contribution >= 0.6 is 0 Å². The second-order valence-electron chi connectivity index (χ2n) is 7.53. The van der Waals surface area contributed by atoms with Gasteiger partial charge in [-0.2, -0.15) is 0 Å². The molecule has 1 N–H and O–H groups in total. The van der Waals surface area contributed by atoms with Crippen molar-refractivity contribution in [2.45, 2.75) is 51.4 Å². The Kier molecular flexibility index (Phi) is 7.23. The average Bonchev–Trinajstić information content (AvgIpc) is 3.22. The Hall–Kier alpha value is -2.63. The lowest BCUT2D eigenvalue weighted by Gasteiger charge is -2.32. The third kappa shape index (κ3) is 5.44. The van der Waals surface area contributed by atoms with Crippen LogP contribution in [-0.4, -0.2) is 35.0 Å². The van der Waals surface area contributed by atoms with E-state index in [-0.39, 0.29) is 24.3 Å². The molecule has 150 valence electrons. The Morgan fingerprint density at radius 2 is 1.93 bits per heavy atom. The number of rotatable bonds is 8. The molecule has 1 aromatic heterocycles. The molecule has 1 aromatic carbocycles. The number of hydrogen-bond acceptors (Lipinski definition) is 4. The highest BCUT2D eigenvalue weighted by Gasteiger charge is 2.28. The SMILES string of the molecule is CCC(C(=O)N(CC(=O)Nc1ccon1)CC1CCCCC1)c1ccccc1. The van der Waals surface area contributed by atoms with E-state index in [2.05, 4.69) is 10.5 Å². The second-order valence-corrected chi connectivity index (χ2v) is 7.53. The van der Waals surface area contributed by atoms with Crippen molar-refractivity contribution in [3.05, 3.63) is 48.2 Å². The molecule has 1 fully saturated rings. The summed E-state index contributed by atoms with van der Waals surface area (Å²) in [6.45, 7) is 2.68. The van der Waals surface area contributed by atoms with E-state index in [9.17, 15) is 9.59 Å². The van der Waals surface area contributed by atoms with Crippen molar-refractivity contribution >= 4 is 17.6 Å². The summed E-state index contributed by atoms with van der Waals surface area (Å²) >= 11 is 0. The van der Waals surface area contributed by atoms with Gasteiger partial charge in [-0.15, -0.1) is 0 Å². The number of carbonyl (C=O) groups excluding carboxylic acids is 2. The molecule has 0 aliphatic heterocycles. The first kappa shape index (κ1) is 20.1. The van der Waals surface area contributed by atoms with Crippen LogP contribution in [0.3, 0.4) is 0 Å². The molecule has 1 unspecified atom stereocenters. The first-order chi connectivity index (χ1) is 13.7. The molecule has 1 atom stereocenters. The Labute approximate surface area is 166 Å². The van der Waals surface area contributed by atoms with E-state index in [4.69, 9.17) is 4.52 Å². The molecular weight excluding hydrogens is 354 g/mol. The quantitative estimate of drug-likeness (QED) is 0.741. The van der Waals surface area contributed by atoms with Gasteiger partial charge in [0.05, 0.1) is 12.5 Å². The number of hydrogen-bond donors (Lipinski definition) is 1. The van der Waals surface area contributed by atoms with Crippen molar-refractivity contribution in [1.82, 2.24) is 10.1 Å². The molecular formula is C22H29N3O3. The summed E-state index contributed by atoms with van der Waals surface area (Å²) < 4.78 is 4.76. The van der Waals surface area contributed by atoms with Gasteiger partial charge in [0.15, 0.2) is 5.82 Å². The molecule has 0 saturated heterocycles. The third-order valence-corrected chi connectivity index (χ3v) is 5.46. The van der Waals surface area contributed by atoms with E-state index >= 15 is 0 Å². The Balaban J connectivity index is 1.73. The van der Waals surface area contributed by atoms with Crippen LogP contribution in [0.2, 0.25) is 0 Å². The summed E-state index contributed by atoms with van der Waals surface area (Å²) in [5.74, 6) is 0.371. The highest BCUT2D eigenvalue weighted by Crippen LogP contribution is 2.27. The smallest absolute Gasteiger partial charge is 0.245 e. The van der Waals surface area contributed by atoms with Gasteiger partial charge in [0, 0.05) is 12.6 Å². The fraction of sp³-hybridized carbons (Fsp3) is 0.500. The Bertz CT molecular complexity index is 740. The molecule has 3 rings (SSSR count). The van der Waals surface area contributed by atoms with E-state index in [0.717, 1.165) is 18.4 Å². The summed E-state index contributed by atoms with van der Waals surface area (Å²) in [6.07, 6.45) is 8.02. The molecule has 0 bridgehead atoms. The van der Waals surface area contributed by atoms with Gasteiger partial charge in [0.25, 0.3) is 0 Å². The monoisotopic (exact) mass is 383 g/mol. The lowest BCUT2D eigenvalue weighted by atomic mass is 9.88. The van der Waals surface area contributed by atoms with E-state index < -0.39 is 0 Å². The van der Waals surface area contributed by atoms with Crippen LogP contribution < -0.4 is 5.32 Å². The highest BCUT2D eigenvalue weighted by molar-refractivity contribution is 5.94. The first-order valence-electron chi connectivity index (χ1n) is 10.2. The molecule has 2 amide bonds. The summed E-state index contributed by atoms with van der Waals surface area (Å²) in [6, 6.07) is 11.4. The lowest BCUT2D eigenvalue weighted by Crippen LogP contribution is -2.43. The summed E-state index contributed by atoms with van der Waals surface area (Å²) in [5.41, 5.74) is 1.00. The molecule has 6 heteroatoms. The van der Waals surface area contributed by atoms with Crippen molar-refractivity contribution in [3.8, 4) is 0 Å². The highest BCUT2D eigenvalue weighted by atomic mass is 16.5. The van der Waals surface area contributed by atoms with Crippen LogP contribution in [0.1, 0.15) is 56.9 Å².